The molecule has 1 aromatic rings. The number of anilines is 1. The second kappa shape index (κ2) is 9.16. The number of hydrogen-bond donors (Lipinski definition) is 3. The molecule has 19 heavy (non-hydrogen) atoms. The van der Waals surface area contributed by atoms with Crippen molar-refractivity contribution in [3.63, 3.8) is 0 Å². The van der Waals surface area contributed by atoms with Crippen LogP contribution in [0.25, 0.3) is 0 Å². The van der Waals surface area contributed by atoms with Crippen LogP contribution in [0.4, 0.5) is 5.69 Å². The van der Waals surface area contributed by atoms with Crippen LogP contribution in [0, 0.1) is 0 Å². The highest BCUT2D eigenvalue weighted by atomic mass is 16.4. The molecule has 0 saturated heterocycles. The molecule has 0 fully saturated rings. The molecule has 0 aromatic heterocycles. The molecule has 3 N–H and O–H groups in total. The lowest BCUT2D eigenvalue weighted by Crippen LogP contribution is -2.23. The maximum atomic E-state index is 11.0. The number of carbonyl (C=O) groups is 1. The number of nitrogens with one attached hydrogen (secondary N) is 2. The number of aromatic carboxylic acids is 1. The van der Waals surface area contributed by atoms with Gasteiger partial charge >= 0.3 is 5.97 Å². The van der Waals surface area contributed by atoms with Crippen LogP contribution >= 0.6 is 0 Å². The van der Waals surface area contributed by atoms with Gasteiger partial charge in [0.05, 0.1) is 11.3 Å². The van der Waals surface area contributed by atoms with E-state index in [2.05, 4.69) is 29.9 Å². The van der Waals surface area contributed by atoms with Gasteiger partial charge in [-0.25, -0.2) is 10.2 Å². The molecule has 0 amide bonds. The fourth-order valence-electron chi connectivity index (χ4n) is 1.65. The van der Waals surface area contributed by atoms with Crippen molar-refractivity contribution in [1.29, 1.82) is 0 Å². The molecule has 0 unspecified atom stereocenters. The molecule has 4 nitrogen and oxygen atoms in total. The lowest BCUT2D eigenvalue weighted by atomic mass is 10.2. The van der Waals surface area contributed by atoms with Crippen molar-refractivity contribution in [1.82, 2.24) is 5.43 Å². The second-order valence-corrected chi connectivity index (χ2v) is 4.30. The Kier molecular flexibility index (Phi) is 7.35. The van der Waals surface area contributed by atoms with Crippen LogP contribution in [0.5, 0.6) is 0 Å². The van der Waals surface area contributed by atoms with Gasteiger partial charge in [-0.15, -0.1) is 0 Å². The van der Waals surface area contributed by atoms with Gasteiger partial charge in [0.1, 0.15) is 0 Å². The largest absolute Gasteiger partial charge is 0.478 e. The highest BCUT2D eigenvalue weighted by Crippen LogP contribution is 2.13. The van der Waals surface area contributed by atoms with E-state index < -0.39 is 5.97 Å². The lowest BCUT2D eigenvalue weighted by Gasteiger charge is -2.09. The van der Waals surface area contributed by atoms with Crippen LogP contribution in [-0.2, 0) is 0 Å². The molecule has 0 aliphatic heterocycles. The number of benzene rings is 1. The van der Waals surface area contributed by atoms with Crippen LogP contribution in [0.3, 0.4) is 0 Å². The van der Waals surface area contributed by atoms with Gasteiger partial charge < -0.3 is 10.5 Å². The Balaban J connectivity index is 2.26. The van der Waals surface area contributed by atoms with E-state index in [-0.39, 0.29) is 5.56 Å². The number of rotatable bonds is 9. The fourth-order valence-corrected chi connectivity index (χ4v) is 1.65. The summed E-state index contributed by atoms with van der Waals surface area (Å²) in [7, 11) is 0. The molecule has 0 radical (unpaired) electrons. The summed E-state index contributed by atoms with van der Waals surface area (Å²) in [6, 6.07) is 6.84. The van der Waals surface area contributed by atoms with Gasteiger partial charge in [-0.3, -0.25) is 0 Å². The number of hydrazine groups is 1. The minimum atomic E-state index is -0.927. The third-order valence-electron chi connectivity index (χ3n) is 2.71. The molecule has 1 rings (SSSR count). The topological polar surface area (TPSA) is 61.4 Å². The Morgan fingerprint density at radius 3 is 2.74 bits per heavy atom. The average molecular weight is 262 g/mol. The molecule has 0 aliphatic carbocycles. The summed E-state index contributed by atoms with van der Waals surface area (Å²) >= 11 is 0. The van der Waals surface area contributed by atoms with Crippen LogP contribution in [0.15, 0.2) is 36.4 Å². The number of carboxylic acids is 1. The first kappa shape index (κ1) is 15.2. The fraction of sp³-hybridized carbons (Fsp3) is 0.400. The molecule has 0 spiro atoms. The van der Waals surface area contributed by atoms with E-state index in [4.69, 9.17) is 5.11 Å². The Morgan fingerprint density at radius 1 is 1.26 bits per heavy atom. The van der Waals surface area contributed by atoms with Crippen molar-refractivity contribution in [2.45, 2.75) is 32.6 Å². The SMILES string of the molecule is CCCCC=CCCNNc1ccccc1C(=O)O. The molecule has 104 valence electrons. The number of allylic oxidation sites excluding steroid dienone is 1. The molecular formula is C15H22N2O2. The van der Waals surface area contributed by atoms with Gasteiger partial charge in [0.2, 0.25) is 0 Å². The van der Waals surface area contributed by atoms with Gasteiger partial charge in [0.25, 0.3) is 0 Å². The zero-order chi connectivity index (χ0) is 13.9. The summed E-state index contributed by atoms with van der Waals surface area (Å²) in [4.78, 5) is 11.0. The Bertz CT molecular complexity index is 416. The predicted molar refractivity (Wildman–Crippen MR) is 78.3 cm³/mol. The summed E-state index contributed by atoms with van der Waals surface area (Å²) in [5, 5.41) is 9.01. The molecule has 0 heterocycles. The van der Waals surface area contributed by atoms with Gasteiger partial charge in [-0.1, -0.05) is 44.1 Å². The van der Waals surface area contributed by atoms with Crippen molar-refractivity contribution >= 4 is 11.7 Å². The molecule has 0 atom stereocenters. The molecule has 0 bridgehead atoms. The van der Waals surface area contributed by atoms with Crippen molar-refractivity contribution < 1.29 is 9.90 Å². The van der Waals surface area contributed by atoms with Crippen LogP contribution in [0.1, 0.15) is 43.0 Å². The Hall–Kier alpha value is -1.81. The monoisotopic (exact) mass is 262 g/mol. The van der Waals surface area contributed by atoms with E-state index >= 15 is 0 Å². The van der Waals surface area contributed by atoms with Crippen LogP contribution in [0.2, 0.25) is 0 Å². The molecular weight excluding hydrogens is 240 g/mol. The van der Waals surface area contributed by atoms with Crippen LogP contribution in [-0.4, -0.2) is 17.6 Å². The van der Waals surface area contributed by atoms with E-state index in [9.17, 15) is 4.79 Å². The molecule has 4 heteroatoms. The van der Waals surface area contributed by atoms with E-state index in [0.717, 1.165) is 19.4 Å². The normalized spacial score (nSPS) is 10.8. The van der Waals surface area contributed by atoms with Gasteiger partial charge in [-0.2, -0.15) is 0 Å². The minimum absolute atomic E-state index is 0.272. The zero-order valence-corrected chi connectivity index (χ0v) is 11.4. The first-order chi connectivity index (χ1) is 9.25. The number of carboxylic acid groups (broad SMARTS) is 1. The zero-order valence-electron chi connectivity index (χ0n) is 11.4. The van der Waals surface area contributed by atoms with E-state index in [0.29, 0.717) is 5.69 Å². The summed E-state index contributed by atoms with van der Waals surface area (Å²) in [5.74, 6) is -0.927. The summed E-state index contributed by atoms with van der Waals surface area (Å²) in [6.07, 6.45) is 8.84. The standard InChI is InChI=1S/C15H22N2O2/c1-2-3-4-5-6-9-12-16-17-14-11-8-7-10-13(14)15(18)19/h5-8,10-11,16-17H,2-4,9,12H2,1H3,(H,18,19). The third-order valence-corrected chi connectivity index (χ3v) is 2.71. The minimum Gasteiger partial charge on any atom is -0.478 e. The second-order valence-electron chi connectivity index (χ2n) is 4.30. The number of hydrogen-bond acceptors (Lipinski definition) is 3. The average Bonchev–Trinajstić information content (AvgIpc) is 2.42. The lowest BCUT2D eigenvalue weighted by molar-refractivity contribution is 0.0698. The quantitative estimate of drug-likeness (QED) is 0.362. The molecule has 0 aliphatic rings. The summed E-state index contributed by atoms with van der Waals surface area (Å²) < 4.78 is 0. The predicted octanol–water partition coefficient (Wildman–Crippen LogP) is 3.44. The number of para-hydroxylation sites is 1. The maximum absolute atomic E-state index is 11.0. The van der Waals surface area contributed by atoms with Gasteiger partial charge in [0.15, 0.2) is 0 Å². The highest BCUT2D eigenvalue weighted by molar-refractivity contribution is 5.94. The van der Waals surface area contributed by atoms with E-state index in [1.54, 1.807) is 24.3 Å². The smallest absolute Gasteiger partial charge is 0.337 e. The van der Waals surface area contributed by atoms with E-state index in [1.165, 1.54) is 12.8 Å². The van der Waals surface area contributed by atoms with Crippen LogP contribution < -0.4 is 10.9 Å². The summed E-state index contributed by atoms with van der Waals surface area (Å²) in [6.45, 7) is 2.94. The van der Waals surface area contributed by atoms with Crippen molar-refractivity contribution in [2.24, 2.45) is 0 Å². The van der Waals surface area contributed by atoms with Crippen molar-refractivity contribution in [2.75, 3.05) is 12.0 Å². The molecule has 1 aromatic carbocycles. The van der Waals surface area contributed by atoms with Crippen molar-refractivity contribution in [3.8, 4) is 0 Å². The van der Waals surface area contributed by atoms with Gasteiger partial charge in [-0.05, 0) is 25.0 Å². The Labute approximate surface area is 114 Å². The Morgan fingerprint density at radius 2 is 2.00 bits per heavy atom. The first-order valence-corrected chi connectivity index (χ1v) is 6.72. The highest BCUT2D eigenvalue weighted by Gasteiger charge is 2.07. The number of unbranched alkanes of at least 4 members (excludes halogenated alkanes) is 2. The van der Waals surface area contributed by atoms with E-state index in [1.807, 2.05) is 0 Å². The van der Waals surface area contributed by atoms with Gasteiger partial charge in [0, 0.05) is 6.54 Å². The first-order valence-electron chi connectivity index (χ1n) is 6.72. The third kappa shape index (κ3) is 6.06. The molecule has 0 saturated carbocycles. The summed E-state index contributed by atoms with van der Waals surface area (Å²) in [5.41, 5.74) is 6.81. The maximum Gasteiger partial charge on any atom is 0.337 e. The van der Waals surface area contributed by atoms with Crippen molar-refractivity contribution in [3.05, 3.63) is 42.0 Å².